The third-order valence-corrected chi connectivity index (χ3v) is 3.71. The second-order valence-electron chi connectivity index (χ2n) is 4.53. The summed E-state index contributed by atoms with van der Waals surface area (Å²) in [5, 5.41) is 0. The molecule has 0 aromatic heterocycles. The highest BCUT2D eigenvalue weighted by Crippen LogP contribution is 2.37. The monoisotopic (exact) mass is 326 g/mol. The van der Waals surface area contributed by atoms with Gasteiger partial charge in [0.1, 0.15) is 5.75 Å². The highest BCUT2D eigenvalue weighted by Gasteiger charge is 2.31. The van der Waals surface area contributed by atoms with Crippen molar-refractivity contribution in [1.82, 2.24) is 0 Å². The van der Waals surface area contributed by atoms with E-state index in [1.54, 1.807) is 24.3 Å². The molecule has 0 unspecified atom stereocenters. The largest absolute Gasteiger partial charge is 0.426 e. The van der Waals surface area contributed by atoms with Crippen LogP contribution < -0.4 is 4.74 Å². The molecule has 6 heteroatoms. The number of thioether (sulfide) groups is 1. The molecule has 0 spiro atoms. The van der Waals surface area contributed by atoms with Gasteiger partial charge in [0.05, 0.1) is 5.56 Å². The predicted molar refractivity (Wildman–Crippen MR) is 80.0 cm³/mol. The van der Waals surface area contributed by atoms with Gasteiger partial charge in [-0.15, -0.1) is 11.8 Å². The molecular formula is C16H13F3O2S. The molecule has 0 atom stereocenters. The van der Waals surface area contributed by atoms with Crippen molar-refractivity contribution in [3.8, 4) is 16.9 Å². The van der Waals surface area contributed by atoms with Crippen LogP contribution in [0.4, 0.5) is 13.2 Å². The van der Waals surface area contributed by atoms with E-state index in [2.05, 4.69) is 0 Å². The third kappa shape index (κ3) is 3.82. The van der Waals surface area contributed by atoms with E-state index in [4.69, 9.17) is 4.74 Å². The molecule has 2 aromatic rings. The number of carbonyl (C=O) groups excluding carboxylic acids is 1. The molecule has 0 saturated carbocycles. The van der Waals surface area contributed by atoms with E-state index >= 15 is 0 Å². The number of halogens is 3. The first-order valence-electron chi connectivity index (χ1n) is 6.35. The smallest absolute Gasteiger partial charge is 0.416 e. The molecule has 2 aromatic carbocycles. The molecule has 116 valence electrons. The van der Waals surface area contributed by atoms with Gasteiger partial charge in [-0.2, -0.15) is 13.2 Å². The fourth-order valence-electron chi connectivity index (χ4n) is 1.95. The molecule has 0 radical (unpaired) electrons. The number of hydrogen-bond acceptors (Lipinski definition) is 3. The number of benzene rings is 2. The Balaban J connectivity index is 2.54. The zero-order valence-corrected chi connectivity index (χ0v) is 12.7. The molecule has 0 saturated heterocycles. The number of esters is 1. The minimum Gasteiger partial charge on any atom is -0.426 e. The van der Waals surface area contributed by atoms with Crippen LogP contribution in [0.15, 0.2) is 47.4 Å². The van der Waals surface area contributed by atoms with Crippen LogP contribution >= 0.6 is 11.8 Å². The Morgan fingerprint density at radius 2 is 1.73 bits per heavy atom. The van der Waals surface area contributed by atoms with Crippen molar-refractivity contribution in [3.63, 3.8) is 0 Å². The Bertz CT molecular complexity index is 679. The maximum absolute atomic E-state index is 12.9. The van der Waals surface area contributed by atoms with Crippen molar-refractivity contribution in [2.75, 3.05) is 6.26 Å². The van der Waals surface area contributed by atoms with Crippen LogP contribution in [0.3, 0.4) is 0 Å². The molecule has 0 bridgehead atoms. The second-order valence-corrected chi connectivity index (χ2v) is 5.41. The van der Waals surface area contributed by atoms with Crippen molar-refractivity contribution in [2.45, 2.75) is 18.0 Å². The van der Waals surface area contributed by atoms with E-state index in [1.807, 2.05) is 6.26 Å². The van der Waals surface area contributed by atoms with Gasteiger partial charge in [0.2, 0.25) is 0 Å². The lowest BCUT2D eigenvalue weighted by Gasteiger charge is -2.13. The lowest BCUT2D eigenvalue weighted by Crippen LogP contribution is -2.07. The zero-order valence-electron chi connectivity index (χ0n) is 11.9. The summed E-state index contributed by atoms with van der Waals surface area (Å²) in [6.07, 6.45) is -2.55. The Labute approximate surface area is 130 Å². The minimum absolute atomic E-state index is 0.109. The summed E-state index contributed by atoms with van der Waals surface area (Å²) in [7, 11) is 0. The maximum atomic E-state index is 12.9. The first-order chi connectivity index (χ1) is 10.3. The molecule has 2 rings (SSSR count). The molecular weight excluding hydrogens is 313 g/mol. The average Bonchev–Trinajstić information content (AvgIpc) is 2.46. The summed E-state index contributed by atoms with van der Waals surface area (Å²) in [6.45, 7) is 1.21. The van der Waals surface area contributed by atoms with Crippen molar-refractivity contribution in [3.05, 3.63) is 48.0 Å². The molecule has 0 fully saturated rings. The topological polar surface area (TPSA) is 26.3 Å². The molecule has 2 nitrogen and oxygen atoms in total. The van der Waals surface area contributed by atoms with Gasteiger partial charge in [-0.25, -0.2) is 0 Å². The van der Waals surface area contributed by atoms with Gasteiger partial charge in [-0.1, -0.05) is 12.1 Å². The summed E-state index contributed by atoms with van der Waals surface area (Å²) in [5.74, 6) is -0.473. The van der Waals surface area contributed by atoms with Gasteiger partial charge in [-0.05, 0) is 42.2 Å². The molecule has 0 aliphatic rings. The van der Waals surface area contributed by atoms with E-state index in [9.17, 15) is 18.0 Å². The van der Waals surface area contributed by atoms with Crippen molar-refractivity contribution in [1.29, 1.82) is 0 Å². The average molecular weight is 326 g/mol. The van der Waals surface area contributed by atoms with Crippen molar-refractivity contribution in [2.24, 2.45) is 0 Å². The van der Waals surface area contributed by atoms with E-state index in [1.165, 1.54) is 24.8 Å². The lowest BCUT2D eigenvalue weighted by atomic mass is 10.0. The second kappa shape index (κ2) is 6.44. The van der Waals surface area contributed by atoms with Crippen LogP contribution in [-0.2, 0) is 11.0 Å². The van der Waals surface area contributed by atoms with Gasteiger partial charge in [-0.3, -0.25) is 4.79 Å². The number of alkyl halides is 3. The van der Waals surface area contributed by atoms with E-state index in [-0.39, 0.29) is 11.3 Å². The molecule has 22 heavy (non-hydrogen) atoms. The molecule has 0 aliphatic carbocycles. The third-order valence-electron chi connectivity index (χ3n) is 2.96. The normalized spacial score (nSPS) is 11.3. The van der Waals surface area contributed by atoms with Crippen LogP contribution in [0.5, 0.6) is 5.75 Å². The summed E-state index contributed by atoms with van der Waals surface area (Å²) in [5.41, 5.74) is 0.00479. The number of ether oxygens (including phenoxy) is 1. The quantitative estimate of drug-likeness (QED) is 0.450. The van der Waals surface area contributed by atoms with Gasteiger partial charge < -0.3 is 4.74 Å². The summed E-state index contributed by atoms with van der Waals surface area (Å²) >= 11 is 1.53. The fraction of sp³-hybridized carbons (Fsp3) is 0.188. The summed E-state index contributed by atoms with van der Waals surface area (Å²) in [4.78, 5) is 12.1. The Hall–Kier alpha value is -1.95. The lowest BCUT2D eigenvalue weighted by molar-refractivity contribution is -0.137. The summed E-state index contributed by atoms with van der Waals surface area (Å²) in [6, 6.07) is 10.1. The predicted octanol–water partition coefficient (Wildman–Crippen LogP) is 5.02. The maximum Gasteiger partial charge on any atom is 0.416 e. The molecule has 0 amide bonds. The highest BCUT2D eigenvalue weighted by molar-refractivity contribution is 7.98. The van der Waals surface area contributed by atoms with E-state index in [0.29, 0.717) is 5.56 Å². The SMILES string of the molecule is CSc1ccc(-c2cc(C(F)(F)F)ccc2OC(C)=O)cc1. The van der Waals surface area contributed by atoms with Crippen molar-refractivity contribution < 1.29 is 22.7 Å². The van der Waals surface area contributed by atoms with Crippen LogP contribution in [-0.4, -0.2) is 12.2 Å². The molecule has 0 N–H and O–H groups in total. The standard InChI is InChI=1S/C16H13F3O2S/c1-10(20)21-15-8-5-12(16(17,18)19)9-14(15)11-3-6-13(22-2)7-4-11/h3-9H,1-2H3. The first kappa shape index (κ1) is 16.4. The van der Waals surface area contributed by atoms with Crippen molar-refractivity contribution >= 4 is 17.7 Å². The molecule has 0 aliphatic heterocycles. The Kier molecular flexibility index (Phi) is 4.81. The zero-order chi connectivity index (χ0) is 16.3. The van der Waals surface area contributed by atoms with Crippen LogP contribution in [0.2, 0.25) is 0 Å². The fourth-order valence-corrected chi connectivity index (χ4v) is 2.35. The van der Waals surface area contributed by atoms with Crippen LogP contribution in [0.25, 0.3) is 11.1 Å². The Morgan fingerprint density at radius 3 is 2.23 bits per heavy atom. The number of rotatable bonds is 3. The molecule has 0 heterocycles. The Morgan fingerprint density at radius 1 is 1.09 bits per heavy atom. The number of carbonyl (C=O) groups is 1. The summed E-state index contributed by atoms with van der Waals surface area (Å²) < 4.78 is 43.7. The van der Waals surface area contributed by atoms with Crippen LogP contribution in [0, 0.1) is 0 Å². The first-order valence-corrected chi connectivity index (χ1v) is 7.58. The van der Waals surface area contributed by atoms with Gasteiger partial charge in [0.15, 0.2) is 0 Å². The van der Waals surface area contributed by atoms with E-state index in [0.717, 1.165) is 17.0 Å². The van der Waals surface area contributed by atoms with E-state index < -0.39 is 17.7 Å². The minimum atomic E-state index is -4.46. The van der Waals surface area contributed by atoms with Crippen LogP contribution in [0.1, 0.15) is 12.5 Å². The van der Waals surface area contributed by atoms with Gasteiger partial charge in [0, 0.05) is 17.4 Å². The highest BCUT2D eigenvalue weighted by atomic mass is 32.2. The number of hydrogen-bond donors (Lipinski definition) is 0. The van der Waals surface area contributed by atoms with Gasteiger partial charge in [0.25, 0.3) is 0 Å². The van der Waals surface area contributed by atoms with Gasteiger partial charge >= 0.3 is 12.1 Å².